The van der Waals surface area contributed by atoms with Crippen LogP contribution >= 0.6 is 0 Å². The minimum atomic E-state index is 0.720. The highest BCUT2D eigenvalue weighted by Crippen LogP contribution is 2.15. The molecule has 0 amide bonds. The Kier molecular flexibility index (Phi) is 6.69. The van der Waals surface area contributed by atoms with Gasteiger partial charge in [-0.25, -0.2) is 0 Å². The number of hydrogen-bond acceptors (Lipinski definition) is 5. The van der Waals surface area contributed by atoms with Crippen LogP contribution in [0.15, 0.2) is 21.8 Å². The molecule has 2 saturated heterocycles. The predicted octanol–water partition coefficient (Wildman–Crippen LogP) is 1.24. The van der Waals surface area contributed by atoms with Crippen LogP contribution in [0, 0.1) is 0 Å². The van der Waals surface area contributed by atoms with Crippen molar-refractivity contribution in [1.29, 1.82) is 0 Å². The Bertz CT molecular complexity index is 524. The summed E-state index contributed by atoms with van der Waals surface area (Å²) in [7, 11) is 1.88. The van der Waals surface area contributed by atoms with E-state index in [9.17, 15) is 0 Å². The van der Waals surface area contributed by atoms with Gasteiger partial charge in [-0.05, 0) is 26.3 Å². The van der Waals surface area contributed by atoms with E-state index in [1.807, 2.05) is 13.1 Å². The van der Waals surface area contributed by atoms with Crippen molar-refractivity contribution < 1.29 is 4.52 Å². The van der Waals surface area contributed by atoms with Crippen LogP contribution in [-0.2, 0) is 6.54 Å². The molecule has 2 fully saturated rings. The molecule has 0 aliphatic carbocycles. The fraction of sp³-hybridized carbons (Fsp3) is 0.778. The summed E-state index contributed by atoms with van der Waals surface area (Å²) in [5.41, 5.74) is 1.01. The molecule has 7 heteroatoms. The molecule has 0 aromatic carbocycles. The average molecular weight is 348 g/mol. The molecule has 25 heavy (non-hydrogen) atoms. The topological polar surface area (TPSA) is 60.1 Å². The zero-order valence-corrected chi connectivity index (χ0v) is 15.7. The SMILES string of the molecule is CN=C(NCCN1CCCCC1C)N1CCN(Cc2ccon2)CC1. The monoisotopic (exact) mass is 348 g/mol. The molecular weight excluding hydrogens is 316 g/mol. The average Bonchev–Trinajstić information content (AvgIpc) is 3.14. The van der Waals surface area contributed by atoms with Crippen LogP contribution in [0.2, 0.25) is 0 Å². The molecule has 3 rings (SSSR count). The Hall–Kier alpha value is -1.60. The van der Waals surface area contributed by atoms with Gasteiger partial charge in [-0.3, -0.25) is 14.8 Å². The first-order valence-electron chi connectivity index (χ1n) is 9.57. The summed E-state index contributed by atoms with van der Waals surface area (Å²) in [5.74, 6) is 1.03. The standard InChI is InChI=1S/C18H32N6O/c1-16-5-3-4-8-23(16)9-7-20-18(19-2)24-12-10-22(11-13-24)15-17-6-14-25-21-17/h6,14,16H,3-5,7-13,15H2,1-2H3,(H,19,20). The van der Waals surface area contributed by atoms with Gasteiger partial charge in [0.25, 0.3) is 0 Å². The van der Waals surface area contributed by atoms with E-state index in [0.29, 0.717) is 0 Å². The van der Waals surface area contributed by atoms with E-state index < -0.39 is 0 Å². The van der Waals surface area contributed by atoms with Gasteiger partial charge in [0.15, 0.2) is 5.96 Å². The van der Waals surface area contributed by atoms with E-state index in [1.54, 1.807) is 6.26 Å². The molecule has 1 unspecified atom stereocenters. The van der Waals surface area contributed by atoms with Crippen LogP contribution in [0.25, 0.3) is 0 Å². The largest absolute Gasteiger partial charge is 0.364 e. The van der Waals surface area contributed by atoms with Gasteiger partial charge in [0.05, 0.1) is 5.69 Å². The van der Waals surface area contributed by atoms with Crippen LogP contribution in [0.3, 0.4) is 0 Å². The Morgan fingerprint density at radius 1 is 1.28 bits per heavy atom. The molecule has 1 N–H and O–H groups in total. The summed E-state index contributed by atoms with van der Waals surface area (Å²) in [5, 5.41) is 7.56. The lowest BCUT2D eigenvalue weighted by molar-refractivity contribution is 0.159. The molecule has 0 bridgehead atoms. The number of aromatic nitrogens is 1. The quantitative estimate of drug-likeness (QED) is 0.638. The molecule has 0 saturated carbocycles. The minimum Gasteiger partial charge on any atom is -0.364 e. The number of aliphatic imine (C=N–C) groups is 1. The maximum absolute atomic E-state index is 4.91. The van der Waals surface area contributed by atoms with E-state index >= 15 is 0 Å². The van der Waals surface area contributed by atoms with Crippen molar-refractivity contribution in [2.45, 2.75) is 38.8 Å². The molecule has 2 aliphatic rings. The number of rotatable bonds is 5. The number of likely N-dealkylation sites (tertiary alicyclic amines) is 1. The van der Waals surface area contributed by atoms with Gasteiger partial charge in [0.1, 0.15) is 6.26 Å². The fourth-order valence-corrected chi connectivity index (χ4v) is 3.80. The molecule has 7 nitrogen and oxygen atoms in total. The normalized spacial score (nSPS) is 23.8. The van der Waals surface area contributed by atoms with Gasteiger partial charge in [-0.2, -0.15) is 0 Å². The Balaban J connectivity index is 1.38. The molecule has 0 spiro atoms. The Morgan fingerprint density at radius 3 is 2.80 bits per heavy atom. The van der Waals surface area contributed by atoms with Gasteiger partial charge >= 0.3 is 0 Å². The zero-order chi connectivity index (χ0) is 17.5. The second-order valence-corrected chi connectivity index (χ2v) is 7.11. The van der Waals surface area contributed by atoms with Crippen molar-refractivity contribution in [3.63, 3.8) is 0 Å². The lowest BCUT2D eigenvalue weighted by Gasteiger charge is -2.37. The first-order valence-corrected chi connectivity index (χ1v) is 9.57. The van der Waals surface area contributed by atoms with E-state index in [4.69, 9.17) is 4.52 Å². The number of guanidine groups is 1. The third kappa shape index (κ3) is 5.19. The zero-order valence-electron chi connectivity index (χ0n) is 15.7. The molecule has 3 heterocycles. The van der Waals surface area contributed by atoms with Crippen molar-refractivity contribution in [2.24, 2.45) is 4.99 Å². The summed E-state index contributed by atoms with van der Waals surface area (Å²) in [6.07, 6.45) is 5.70. The van der Waals surface area contributed by atoms with E-state index in [2.05, 4.69) is 37.1 Å². The maximum atomic E-state index is 4.91. The van der Waals surface area contributed by atoms with Crippen LogP contribution < -0.4 is 5.32 Å². The number of piperazine rings is 1. The Labute approximate surface area is 151 Å². The van der Waals surface area contributed by atoms with Gasteiger partial charge < -0.3 is 14.7 Å². The van der Waals surface area contributed by atoms with E-state index in [-0.39, 0.29) is 0 Å². The number of nitrogens with one attached hydrogen (secondary N) is 1. The maximum Gasteiger partial charge on any atom is 0.193 e. The van der Waals surface area contributed by atoms with Gasteiger partial charge in [0.2, 0.25) is 0 Å². The number of piperidine rings is 1. The van der Waals surface area contributed by atoms with Crippen LogP contribution in [-0.4, -0.2) is 84.7 Å². The summed E-state index contributed by atoms with van der Waals surface area (Å²) in [4.78, 5) is 11.9. The smallest absolute Gasteiger partial charge is 0.193 e. The lowest BCUT2D eigenvalue weighted by atomic mass is 10.0. The van der Waals surface area contributed by atoms with Crippen molar-refractivity contribution in [2.75, 3.05) is 52.9 Å². The Morgan fingerprint density at radius 2 is 2.12 bits per heavy atom. The second kappa shape index (κ2) is 9.20. The van der Waals surface area contributed by atoms with Crippen molar-refractivity contribution >= 4 is 5.96 Å². The van der Waals surface area contributed by atoms with E-state index in [1.165, 1.54) is 25.8 Å². The summed E-state index contributed by atoms with van der Waals surface area (Å²) >= 11 is 0. The highest BCUT2D eigenvalue weighted by Gasteiger charge is 2.21. The van der Waals surface area contributed by atoms with Gasteiger partial charge in [-0.1, -0.05) is 11.6 Å². The van der Waals surface area contributed by atoms with E-state index in [0.717, 1.165) is 63.5 Å². The summed E-state index contributed by atoms with van der Waals surface area (Å²) in [6, 6.07) is 2.66. The van der Waals surface area contributed by atoms with Gasteiger partial charge in [0, 0.05) is 65.0 Å². The van der Waals surface area contributed by atoms with Crippen LogP contribution in [0.1, 0.15) is 31.9 Å². The molecule has 140 valence electrons. The highest BCUT2D eigenvalue weighted by atomic mass is 16.5. The molecule has 1 aromatic rings. The third-order valence-electron chi connectivity index (χ3n) is 5.38. The van der Waals surface area contributed by atoms with Crippen LogP contribution in [0.4, 0.5) is 0 Å². The van der Waals surface area contributed by atoms with Gasteiger partial charge in [-0.15, -0.1) is 0 Å². The lowest BCUT2D eigenvalue weighted by Crippen LogP contribution is -2.53. The number of hydrogen-bond donors (Lipinski definition) is 1. The summed E-state index contributed by atoms with van der Waals surface area (Å²) < 4.78 is 4.91. The summed E-state index contributed by atoms with van der Waals surface area (Å²) in [6.45, 7) is 10.6. The first kappa shape index (κ1) is 18.2. The molecule has 1 atom stereocenters. The molecule has 1 aromatic heterocycles. The highest BCUT2D eigenvalue weighted by molar-refractivity contribution is 5.80. The molecule has 0 radical (unpaired) electrons. The van der Waals surface area contributed by atoms with Crippen LogP contribution in [0.5, 0.6) is 0 Å². The van der Waals surface area contributed by atoms with Crippen molar-refractivity contribution in [1.82, 2.24) is 25.2 Å². The van der Waals surface area contributed by atoms with Crippen molar-refractivity contribution in [3.8, 4) is 0 Å². The fourth-order valence-electron chi connectivity index (χ4n) is 3.80. The third-order valence-corrected chi connectivity index (χ3v) is 5.38. The minimum absolute atomic E-state index is 0.720. The molecule has 2 aliphatic heterocycles. The van der Waals surface area contributed by atoms with Crippen molar-refractivity contribution in [3.05, 3.63) is 18.0 Å². The second-order valence-electron chi connectivity index (χ2n) is 7.11. The molecular formula is C18H32N6O. The predicted molar refractivity (Wildman–Crippen MR) is 99.6 cm³/mol. The first-order chi connectivity index (χ1) is 12.3. The number of nitrogens with zero attached hydrogens (tertiary/aromatic N) is 5.